The van der Waals surface area contributed by atoms with Gasteiger partial charge in [0.05, 0.1) is 16.8 Å². The predicted octanol–water partition coefficient (Wildman–Crippen LogP) is 5.53. The number of anilines is 1. The van der Waals surface area contributed by atoms with Crippen LogP contribution in [0.2, 0.25) is 15.1 Å². The van der Waals surface area contributed by atoms with Crippen molar-refractivity contribution in [1.29, 1.82) is 0 Å². The number of hydrogen-bond acceptors (Lipinski definition) is 1. The van der Waals surface area contributed by atoms with Crippen molar-refractivity contribution in [3.05, 3.63) is 63.1 Å². The molecule has 1 atom stereocenters. The van der Waals surface area contributed by atoms with Crippen LogP contribution in [0.25, 0.3) is 0 Å². The van der Waals surface area contributed by atoms with Gasteiger partial charge >= 0.3 is 6.03 Å². The molecular formula is C15H13Cl3N2O. The molecule has 0 spiro atoms. The third-order valence-corrected chi connectivity index (χ3v) is 3.79. The van der Waals surface area contributed by atoms with E-state index < -0.39 is 0 Å². The maximum Gasteiger partial charge on any atom is 0.319 e. The number of nitrogens with one attached hydrogen (secondary N) is 2. The Bertz CT molecular complexity index is 661. The molecule has 2 aromatic carbocycles. The van der Waals surface area contributed by atoms with Gasteiger partial charge in [0.15, 0.2) is 0 Å². The van der Waals surface area contributed by atoms with E-state index in [2.05, 4.69) is 10.6 Å². The Hall–Kier alpha value is -1.42. The van der Waals surface area contributed by atoms with Crippen LogP contribution >= 0.6 is 34.8 Å². The van der Waals surface area contributed by atoms with E-state index in [0.717, 1.165) is 5.56 Å². The average molecular weight is 344 g/mol. The predicted molar refractivity (Wildman–Crippen MR) is 88.5 cm³/mol. The van der Waals surface area contributed by atoms with Crippen molar-refractivity contribution in [3.63, 3.8) is 0 Å². The smallest absolute Gasteiger partial charge is 0.319 e. The summed E-state index contributed by atoms with van der Waals surface area (Å²) < 4.78 is 0. The molecule has 2 rings (SSSR count). The van der Waals surface area contributed by atoms with Crippen molar-refractivity contribution in [2.24, 2.45) is 0 Å². The molecule has 2 amide bonds. The minimum absolute atomic E-state index is 0.266. The number of hydrogen-bond donors (Lipinski definition) is 2. The van der Waals surface area contributed by atoms with E-state index in [1.165, 1.54) is 0 Å². The number of amides is 2. The number of carbonyl (C=O) groups is 1. The number of benzene rings is 2. The van der Waals surface area contributed by atoms with Gasteiger partial charge in [-0.25, -0.2) is 4.79 Å². The van der Waals surface area contributed by atoms with Crippen molar-refractivity contribution in [2.75, 3.05) is 5.32 Å². The first-order valence-corrected chi connectivity index (χ1v) is 7.38. The lowest BCUT2D eigenvalue weighted by Crippen LogP contribution is -2.31. The molecule has 0 aromatic heterocycles. The van der Waals surface area contributed by atoms with E-state index >= 15 is 0 Å². The van der Waals surface area contributed by atoms with Crippen LogP contribution in [0.1, 0.15) is 18.5 Å². The van der Waals surface area contributed by atoms with Crippen LogP contribution in [0.5, 0.6) is 0 Å². The molecule has 0 aliphatic heterocycles. The normalized spacial score (nSPS) is 11.8. The van der Waals surface area contributed by atoms with Gasteiger partial charge in [0.25, 0.3) is 0 Å². The standard InChI is InChI=1S/C15H13Cl3N2O/c1-9(11-7-6-10(16)8-13(11)18)19-15(21)20-14-5-3-2-4-12(14)17/h2-9H,1H3,(H2,19,20,21)/t9-/m0/s1. The van der Waals surface area contributed by atoms with Gasteiger partial charge in [-0.15, -0.1) is 0 Å². The fourth-order valence-corrected chi connectivity index (χ4v) is 2.60. The third-order valence-electron chi connectivity index (χ3n) is 2.90. The van der Waals surface area contributed by atoms with Crippen LogP contribution in [0.4, 0.5) is 10.5 Å². The molecule has 3 nitrogen and oxygen atoms in total. The summed E-state index contributed by atoms with van der Waals surface area (Å²) in [6, 6.07) is 11.5. The van der Waals surface area contributed by atoms with Crippen LogP contribution in [0.3, 0.4) is 0 Å². The van der Waals surface area contributed by atoms with E-state index in [0.29, 0.717) is 20.8 Å². The maximum absolute atomic E-state index is 12.0. The van der Waals surface area contributed by atoms with Crippen LogP contribution < -0.4 is 10.6 Å². The molecule has 0 bridgehead atoms. The van der Waals surface area contributed by atoms with Gasteiger partial charge in [-0.2, -0.15) is 0 Å². The maximum atomic E-state index is 12.0. The molecule has 0 saturated heterocycles. The van der Waals surface area contributed by atoms with Gasteiger partial charge in [0, 0.05) is 10.0 Å². The summed E-state index contributed by atoms with van der Waals surface area (Å²) in [6.45, 7) is 1.83. The second-order valence-corrected chi connectivity index (χ2v) is 5.72. The monoisotopic (exact) mass is 342 g/mol. The Balaban J connectivity index is 2.04. The minimum atomic E-state index is -0.360. The lowest BCUT2D eigenvalue weighted by Gasteiger charge is -2.17. The topological polar surface area (TPSA) is 41.1 Å². The lowest BCUT2D eigenvalue weighted by molar-refractivity contribution is 0.249. The number of para-hydroxylation sites is 1. The molecule has 0 fully saturated rings. The second-order valence-electron chi connectivity index (χ2n) is 4.47. The zero-order valence-corrected chi connectivity index (χ0v) is 13.4. The van der Waals surface area contributed by atoms with E-state index in [4.69, 9.17) is 34.8 Å². The summed E-state index contributed by atoms with van der Waals surface area (Å²) in [5, 5.41) is 7.02. The van der Waals surface area contributed by atoms with E-state index in [-0.39, 0.29) is 12.1 Å². The molecule has 6 heteroatoms. The van der Waals surface area contributed by atoms with Crippen molar-refractivity contribution >= 4 is 46.5 Å². The average Bonchev–Trinajstić information content (AvgIpc) is 2.41. The fraction of sp³-hybridized carbons (Fsp3) is 0.133. The number of rotatable bonds is 3. The van der Waals surface area contributed by atoms with E-state index in [9.17, 15) is 4.79 Å². The van der Waals surface area contributed by atoms with Crippen LogP contribution in [-0.4, -0.2) is 6.03 Å². The van der Waals surface area contributed by atoms with Gasteiger partial charge in [-0.3, -0.25) is 0 Å². The van der Waals surface area contributed by atoms with Gasteiger partial charge < -0.3 is 10.6 Å². The molecule has 21 heavy (non-hydrogen) atoms. The molecular weight excluding hydrogens is 331 g/mol. The highest BCUT2D eigenvalue weighted by Gasteiger charge is 2.13. The molecule has 0 heterocycles. The first-order chi connectivity index (χ1) is 9.97. The molecule has 110 valence electrons. The van der Waals surface area contributed by atoms with Crippen molar-refractivity contribution in [1.82, 2.24) is 5.32 Å². The highest BCUT2D eigenvalue weighted by molar-refractivity contribution is 6.35. The lowest BCUT2D eigenvalue weighted by atomic mass is 10.1. The Morgan fingerprint density at radius 1 is 1.05 bits per heavy atom. The summed E-state index contributed by atoms with van der Waals surface area (Å²) in [7, 11) is 0. The molecule has 0 unspecified atom stereocenters. The Kier molecular flexibility index (Phi) is 5.34. The SMILES string of the molecule is C[C@H](NC(=O)Nc1ccccc1Cl)c1ccc(Cl)cc1Cl. The molecule has 2 N–H and O–H groups in total. The van der Waals surface area contributed by atoms with Gasteiger partial charge in [-0.1, -0.05) is 53.0 Å². The highest BCUT2D eigenvalue weighted by Crippen LogP contribution is 2.26. The summed E-state index contributed by atoms with van der Waals surface area (Å²) in [4.78, 5) is 12.0. The number of carbonyl (C=O) groups excluding carboxylic acids is 1. The molecule has 0 saturated carbocycles. The quantitative estimate of drug-likeness (QED) is 0.756. The summed E-state index contributed by atoms with van der Waals surface area (Å²) in [6.07, 6.45) is 0. The molecule has 0 radical (unpaired) electrons. The zero-order chi connectivity index (χ0) is 15.4. The van der Waals surface area contributed by atoms with Gasteiger partial charge in [0.1, 0.15) is 0 Å². The first-order valence-electron chi connectivity index (χ1n) is 6.24. The van der Waals surface area contributed by atoms with Crippen molar-refractivity contribution in [3.8, 4) is 0 Å². The minimum Gasteiger partial charge on any atom is -0.331 e. The Morgan fingerprint density at radius 2 is 1.76 bits per heavy atom. The molecule has 0 aliphatic carbocycles. The summed E-state index contributed by atoms with van der Waals surface area (Å²) >= 11 is 18.0. The van der Waals surface area contributed by atoms with Crippen LogP contribution in [0.15, 0.2) is 42.5 Å². The highest BCUT2D eigenvalue weighted by atomic mass is 35.5. The number of halogens is 3. The summed E-state index contributed by atoms with van der Waals surface area (Å²) in [5.74, 6) is 0. The van der Waals surface area contributed by atoms with Crippen molar-refractivity contribution < 1.29 is 4.79 Å². The van der Waals surface area contributed by atoms with E-state index in [1.807, 2.05) is 6.92 Å². The molecule has 2 aromatic rings. The fourth-order valence-electron chi connectivity index (χ4n) is 1.85. The first kappa shape index (κ1) is 16.0. The van der Waals surface area contributed by atoms with Crippen molar-refractivity contribution in [2.45, 2.75) is 13.0 Å². The molecule has 0 aliphatic rings. The van der Waals surface area contributed by atoms with Gasteiger partial charge in [-0.05, 0) is 36.8 Å². The summed E-state index contributed by atoms with van der Waals surface area (Å²) in [5.41, 5.74) is 1.33. The third kappa shape index (κ3) is 4.27. The Morgan fingerprint density at radius 3 is 2.43 bits per heavy atom. The second kappa shape index (κ2) is 7.03. The van der Waals surface area contributed by atoms with Gasteiger partial charge in [0.2, 0.25) is 0 Å². The van der Waals surface area contributed by atoms with E-state index in [1.54, 1.807) is 42.5 Å². The largest absolute Gasteiger partial charge is 0.331 e. The van der Waals surface area contributed by atoms with Crippen LogP contribution in [-0.2, 0) is 0 Å². The number of urea groups is 1. The Labute approximate surface area is 138 Å². The van der Waals surface area contributed by atoms with Crippen LogP contribution in [0, 0.1) is 0 Å². The zero-order valence-electron chi connectivity index (χ0n) is 11.2.